The van der Waals surface area contributed by atoms with E-state index in [2.05, 4.69) is 20.6 Å². The number of alkyl halides is 3. The summed E-state index contributed by atoms with van der Waals surface area (Å²) in [5.74, 6) is 0.973. The average molecular weight is 339 g/mol. The van der Waals surface area contributed by atoms with Crippen molar-refractivity contribution in [3.05, 3.63) is 36.0 Å². The summed E-state index contributed by atoms with van der Waals surface area (Å²) in [5.41, 5.74) is 1.02. The molecule has 0 aliphatic rings. The Kier molecular flexibility index (Phi) is 4.86. The van der Waals surface area contributed by atoms with Gasteiger partial charge in [0, 0.05) is 28.7 Å². The van der Waals surface area contributed by atoms with Gasteiger partial charge in [0.1, 0.15) is 5.82 Å². The van der Waals surface area contributed by atoms with Crippen molar-refractivity contribution in [1.82, 2.24) is 9.97 Å². The van der Waals surface area contributed by atoms with Gasteiger partial charge in [0.2, 0.25) is 5.95 Å². The maximum absolute atomic E-state index is 12.4. The fraction of sp³-hybridized carbons (Fsp3) is 0.375. The Hall–Kier alpha value is -2.51. The summed E-state index contributed by atoms with van der Waals surface area (Å²) in [6.07, 6.45) is -2.82. The number of hydrogen-bond donors (Lipinski definition) is 3. The first-order valence-corrected chi connectivity index (χ1v) is 7.36. The molecule has 0 saturated heterocycles. The summed E-state index contributed by atoms with van der Waals surface area (Å²) in [4.78, 5) is 8.59. The first-order valence-electron chi connectivity index (χ1n) is 7.36. The van der Waals surface area contributed by atoms with Crippen LogP contribution in [0, 0.1) is 6.92 Å². The number of aryl methyl sites for hydroxylation is 1. The molecule has 24 heavy (non-hydrogen) atoms. The fourth-order valence-corrected chi connectivity index (χ4v) is 1.94. The van der Waals surface area contributed by atoms with Gasteiger partial charge in [0.25, 0.3) is 0 Å². The molecular weight excluding hydrogens is 319 g/mol. The molecule has 0 unspecified atom stereocenters. The largest absolute Gasteiger partial charge is 0.482 e. The van der Waals surface area contributed by atoms with Crippen LogP contribution in [-0.2, 0) is 0 Å². The minimum Gasteiger partial charge on any atom is -0.350 e. The van der Waals surface area contributed by atoms with Crippen LogP contribution < -0.4 is 16.0 Å². The third-order valence-electron chi connectivity index (χ3n) is 2.87. The molecule has 0 saturated carbocycles. The molecule has 0 fully saturated rings. The van der Waals surface area contributed by atoms with Crippen molar-refractivity contribution < 1.29 is 13.2 Å². The lowest BCUT2D eigenvalue weighted by Gasteiger charge is -2.21. The van der Waals surface area contributed by atoms with E-state index in [0.29, 0.717) is 17.5 Å². The second-order valence-corrected chi connectivity index (χ2v) is 6.43. The van der Waals surface area contributed by atoms with Gasteiger partial charge in [0.15, 0.2) is 0 Å². The molecule has 1 heterocycles. The van der Waals surface area contributed by atoms with Crippen molar-refractivity contribution in [1.29, 1.82) is 0 Å². The molecule has 1 aromatic carbocycles. The van der Waals surface area contributed by atoms with Crippen molar-refractivity contribution in [2.45, 2.75) is 39.5 Å². The maximum atomic E-state index is 12.4. The predicted molar refractivity (Wildman–Crippen MR) is 89.5 cm³/mol. The molecule has 0 aliphatic heterocycles. The zero-order valence-corrected chi connectivity index (χ0v) is 13.9. The van der Waals surface area contributed by atoms with Crippen molar-refractivity contribution in [3.8, 4) is 0 Å². The average Bonchev–Trinajstić information content (AvgIpc) is 2.39. The summed E-state index contributed by atoms with van der Waals surface area (Å²) in [6.45, 7) is 7.77. The Bertz CT molecular complexity index is 708. The van der Waals surface area contributed by atoms with Crippen molar-refractivity contribution in [2.24, 2.45) is 0 Å². The molecule has 0 aliphatic carbocycles. The maximum Gasteiger partial charge on any atom is 0.482 e. The van der Waals surface area contributed by atoms with Gasteiger partial charge in [-0.3, -0.25) is 5.32 Å². The van der Waals surface area contributed by atoms with Crippen LogP contribution in [0.2, 0.25) is 0 Å². The summed E-state index contributed by atoms with van der Waals surface area (Å²) in [5, 5.41) is 7.66. The van der Waals surface area contributed by atoms with Crippen LogP contribution in [0.15, 0.2) is 30.5 Å². The zero-order valence-electron chi connectivity index (χ0n) is 13.9. The van der Waals surface area contributed by atoms with E-state index in [-0.39, 0.29) is 11.2 Å². The highest BCUT2D eigenvalue weighted by molar-refractivity contribution is 5.64. The minimum atomic E-state index is -4.48. The molecule has 0 bridgehead atoms. The second kappa shape index (κ2) is 6.54. The summed E-state index contributed by atoms with van der Waals surface area (Å²) < 4.78 is 37.2. The lowest BCUT2D eigenvalue weighted by atomic mass is 10.1. The van der Waals surface area contributed by atoms with Crippen LogP contribution in [-0.4, -0.2) is 21.8 Å². The number of nitrogens with zero attached hydrogens (tertiary/aromatic N) is 2. The van der Waals surface area contributed by atoms with E-state index >= 15 is 0 Å². The number of halogens is 3. The van der Waals surface area contributed by atoms with Gasteiger partial charge < -0.3 is 10.6 Å². The van der Waals surface area contributed by atoms with Gasteiger partial charge in [-0.15, -0.1) is 0 Å². The Morgan fingerprint density at radius 3 is 2.29 bits per heavy atom. The molecule has 5 nitrogen and oxygen atoms in total. The topological polar surface area (TPSA) is 61.9 Å². The lowest BCUT2D eigenvalue weighted by Crippen LogP contribution is -2.27. The van der Waals surface area contributed by atoms with Crippen molar-refractivity contribution in [3.63, 3.8) is 0 Å². The van der Waals surface area contributed by atoms with E-state index < -0.39 is 6.30 Å². The highest BCUT2D eigenvalue weighted by atomic mass is 19.4. The Balaban J connectivity index is 2.21. The van der Waals surface area contributed by atoms with Gasteiger partial charge in [-0.2, -0.15) is 18.2 Å². The zero-order chi connectivity index (χ0) is 18.0. The van der Waals surface area contributed by atoms with E-state index in [1.165, 1.54) is 23.5 Å². The Morgan fingerprint density at radius 2 is 1.67 bits per heavy atom. The van der Waals surface area contributed by atoms with Gasteiger partial charge in [0.05, 0.1) is 0 Å². The van der Waals surface area contributed by atoms with Gasteiger partial charge in [-0.05, 0) is 45.9 Å². The van der Waals surface area contributed by atoms with E-state index in [0.717, 1.165) is 5.56 Å². The van der Waals surface area contributed by atoms with Crippen molar-refractivity contribution in [2.75, 3.05) is 16.0 Å². The Labute approximate surface area is 138 Å². The molecule has 0 atom stereocenters. The summed E-state index contributed by atoms with van der Waals surface area (Å²) in [6, 6.07) is 5.91. The standard InChI is InChI=1S/C16H20F3N5/c1-10-9-20-14(24-15(2,3)4)22-13(10)21-11-6-5-7-12(8-11)23-16(17,18)19/h5-9,23H,1-4H3,(H2,20,21,22,24). The third kappa shape index (κ3) is 5.60. The predicted octanol–water partition coefficient (Wildman–Crippen LogP) is 4.67. The highest BCUT2D eigenvalue weighted by Crippen LogP contribution is 2.25. The van der Waals surface area contributed by atoms with Crippen LogP contribution >= 0.6 is 0 Å². The van der Waals surface area contributed by atoms with Crippen LogP contribution in [0.25, 0.3) is 0 Å². The number of benzene rings is 1. The number of aromatic nitrogens is 2. The number of anilines is 4. The molecule has 2 rings (SSSR count). The second-order valence-electron chi connectivity index (χ2n) is 6.43. The SMILES string of the molecule is Cc1cnc(NC(C)(C)C)nc1Nc1cccc(NC(F)(F)F)c1. The normalized spacial score (nSPS) is 12.0. The molecule has 0 radical (unpaired) electrons. The molecule has 2 aromatic rings. The highest BCUT2D eigenvalue weighted by Gasteiger charge is 2.27. The van der Waals surface area contributed by atoms with E-state index in [4.69, 9.17) is 0 Å². The van der Waals surface area contributed by atoms with Crippen LogP contribution in [0.5, 0.6) is 0 Å². The molecular formula is C16H20F3N5. The lowest BCUT2D eigenvalue weighted by molar-refractivity contribution is -0.0999. The third-order valence-corrected chi connectivity index (χ3v) is 2.87. The smallest absolute Gasteiger partial charge is 0.350 e. The number of nitrogens with one attached hydrogen (secondary N) is 3. The van der Waals surface area contributed by atoms with Crippen LogP contribution in [0.1, 0.15) is 26.3 Å². The van der Waals surface area contributed by atoms with Gasteiger partial charge >= 0.3 is 6.30 Å². The quantitative estimate of drug-likeness (QED) is 0.707. The van der Waals surface area contributed by atoms with Gasteiger partial charge in [-0.25, -0.2) is 4.98 Å². The molecule has 130 valence electrons. The Morgan fingerprint density at radius 1 is 1.00 bits per heavy atom. The molecule has 8 heteroatoms. The van der Waals surface area contributed by atoms with E-state index in [9.17, 15) is 13.2 Å². The summed E-state index contributed by atoms with van der Waals surface area (Å²) in [7, 11) is 0. The van der Waals surface area contributed by atoms with Crippen LogP contribution in [0.4, 0.5) is 36.3 Å². The monoisotopic (exact) mass is 339 g/mol. The van der Waals surface area contributed by atoms with Crippen molar-refractivity contribution >= 4 is 23.1 Å². The molecule has 0 amide bonds. The molecule has 0 spiro atoms. The number of hydrogen-bond acceptors (Lipinski definition) is 5. The van der Waals surface area contributed by atoms with E-state index in [1.807, 2.05) is 27.7 Å². The number of rotatable bonds is 4. The minimum absolute atomic E-state index is 0.0488. The van der Waals surface area contributed by atoms with Gasteiger partial charge in [-0.1, -0.05) is 6.07 Å². The first kappa shape index (κ1) is 17.8. The first-order chi connectivity index (χ1) is 11.0. The van der Waals surface area contributed by atoms with E-state index in [1.54, 1.807) is 12.3 Å². The fourth-order valence-electron chi connectivity index (χ4n) is 1.94. The van der Waals surface area contributed by atoms with Crippen LogP contribution in [0.3, 0.4) is 0 Å². The molecule has 3 N–H and O–H groups in total. The molecule has 1 aromatic heterocycles. The summed E-state index contributed by atoms with van der Waals surface area (Å²) >= 11 is 0.